The third-order valence-corrected chi connectivity index (χ3v) is 4.59. The van der Waals surface area contributed by atoms with E-state index in [2.05, 4.69) is 5.10 Å². The Balaban J connectivity index is 1.48. The first-order chi connectivity index (χ1) is 13.6. The molecule has 4 rings (SSSR count). The van der Waals surface area contributed by atoms with E-state index >= 15 is 0 Å². The number of aromatic nitrogens is 2. The number of aliphatic hydroxyl groups excluding tert-OH is 2. The number of nitrogens with zero attached hydrogens (tertiary/aromatic N) is 3. The highest BCUT2D eigenvalue weighted by atomic mass is 16.6. The van der Waals surface area contributed by atoms with Gasteiger partial charge in [-0.3, -0.25) is 9.48 Å². The molecular formula is C20H21N3O5. The Morgan fingerprint density at radius 3 is 2.82 bits per heavy atom. The number of aliphatic hydroxyl groups is 2. The Morgan fingerprint density at radius 2 is 2.04 bits per heavy atom. The zero-order valence-corrected chi connectivity index (χ0v) is 15.2. The summed E-state index contributed by atoms with van der Waals surface area (Å²) in [5, 5.41) is 23.2. The predicted molar refractivity (Wildman–Crippen MR) is 98.9 cm³/mol. The average molecular weight is 383 g/mol. The maximum atomic E-state index is 12.9. The minimum absolute atomic E-state index is 0.203. The van der Waals surface area contributed by atoms with Gasteiger partial charge in [0.25, 0.3) is 11.9 Å². The van der Waals surface area contributed by atoms with Gasteiger partial charge in [0.1, 0.15) is 11.9 Å². The zero-order valence-electron chi connectivity index (χ0n) is 15.2. The number of ether oxygens (including phenoxy) is 1. The number of amides is 1. The molecule has 0 saturated carbocycles. The number of fused-ring (bicyclic) bond motifs is 1. The number of rotatable bonds is 5. The lowest BCUT2D eigenvalue weighted by Gasteiger charge is -2.18. The van der Waals surface area contributed by atoms with Gasteiger partial charge in [-0.25, -0.2) is 0 Å². The van der Waals surface area contributed by atoms with Gasteiger partial charge in [0.05, 0.1) is 24.5 Å². The van der Waals surface area contributed by atoms with E-state index < -0.39 is 12.7 Å². The molecule has 0 bridgehead atoms. The van der Waals surface area contributed by atoms with E-state index in [9.17, 15) is 9.90 Å². The van der Waals surface area contributed by atoms with Gasteiger partial charge in [0.2, 0.25) is 0 Å². The second-order valence-corrected chi connectivity index (χ2v) is 6.60. The fourth-order valence-corrected chi connectivity index (χ4v) is 3.16. The molecule has 1 aliphatic heterocycles. The van der Waals surface area contributed by atoms with E-state index in [1.807, 2.05) is 18.2 Å². The van der Waals surface area contributed by atoms with Crippen LogP contribution in [0.25, 0.3) is 0 Å². The summed E-state index contributed by atoms with van der Waals surface area (Å²) in [6.07, 6.45) is -0.297. The Labute approximate surface area is 161 Å². The highest BCUT2D eigenvalue weighted by Crippen LogP contribution is 2.25. The van der Waals surface area contributed by atoms with Crippen LogP contribution in [-0.2, 0) is 13.1 Å². The van der Waals surface area contributed by atoms with E-state index in [1.165, 1.54) is 0 Å². The Hall–Kier alpha value is -3.10. The molecule has 3 aromatic rings. The topological polar surface area (TPSA) is 101 Å². The van der Waals surface area contributed by atoms with Gasteiger partial charge < -0.3 is 24.3 Å². The van der Waals surface area contributed by atoms with Crippen molar-refractivity contribution in [1.82, 2.24) is 14.7 Å². The largest absolute Gasteiger partial charge is 0.426 e. The highest BCUT2D eigenvalue weighted by molar-refractivity contribution is 5.91. The summed E-state index contributed by atoms with van der Waals surface area (Å²) in [5.74, 6) is 0.851. The molecule has 2 aromatic heterocycles. The van der Waals surface area contributed by atoms with Gasteiger partial charge in [-0.1, -0.05) is 18.2 Å². The van der Waals surface area contributed by atoms with Crippen molar-refractivity contribution in [2.24, 2.45) is 0 Å². The van der Waals surface area contributed by atoms with Crippen LogP contribution in [0.3, 0.4) is 0 Å². The van der Waals surface area contributed by atoms with Crippen molar-refractivity contribution in [3.05, 3.63) is 65.7 Å². The molecule has 1 aromatic carbocycles. The number of para-hydroxylation sites is 1. The summed E-state index contributed by atoms with van der Waals surface area (Å²) in [5.41, 5.74) is 1.21. The van der Waals surface area contributed by atoms with E-state index in [4.69, 9.17) is 14.3 Å². The number of hydrogen-bond acceptors (Lipinski definition) is 6. The molecule has 0 saturated heterocycles. The normalized spacial score (nSPS) is 15.0. The first-order valence-corrected chi connectivity index (χ1v) is 9.11. The summed E-state index contributed by atoms with van der Waals surface area (Å²) in [6, 6.07) is 14.1. The monoisotopic (exact) mass is 383 g/mol. The molecule has 146 valence electrons. The molecule has 8 heteroatoms. The minimum atomic E-state index is -1.02. The van der Waals surface area contributed by atoms with Crippen LogP contribution < -0.4 is 4.74 Å². The van der Waals surface area contributed by atoms with Crippen LogP contribution in [0, 0.1) is 0 Å². The van der Waals surface area contributed by atoms with Gasteiger partial charge in [0.15, 0.2) is 5.76 Å². The van der Waals surface area contributed by atoms with Crippen molar-refractivity contribution < 1.29 is 24.2 Å². The average Bonchev–Trinajstić information content (AvgIpc) is 3.29. The Morgan fingerprint density at radius 1 is 1.21 bits per heavy atom. The zero-order chi connectivity index (χ0) is 19.5. The lowest BCUT2D eigenvalue weighted by atomic mass is 10.2. The maximum absolute atomic E-state index is 12.9. The molecule has 1 amide bonds. The van der Waals surface area contributed by atoms with Crippen LogP contribution in [0.4, 0.5) is 0 Å². The van der Waals surface area contributed by atoms with Crippen LogP contribution in [0.1, 0.15) is 34.5 Å². The first-order valence-electron chi connectivity index (χ1n) is 9.11. The van der Waals surface area contributed by atoms with Crippen LogP contribution in [0.2, 0.25) is 0 Å². The molecule has 0 fully saturated rings. The van der Waals surface area contributed by atoms with Gasteiger partial charge in [-0.15, -0.1) is 0 Å². The third-order valence-electron chi connectivity index (χ3n) is 4.59. The number of carbonyl (C=O) groups excluding carboxylic acids is 1. The molecule has 0 spiro atoms. The predicted octanol–water partition coefficient (Wildman–Crippen LogP) is 2.34. The summed E-state index contributed by atoms with van der Waals surface area (Å²) >= 11 is 0. The van der Waals surface area contributed by atoms with E-state index in [0.717, 1.165) is 12.1 Å². The molecule has 1 atom stereocenters. The van der Waals surface area contributed by atoms with Crippen molar-refractivity contribution in [3.8, 4) is 11.7 Å². The molecule has 0 aliphatic carbocycles. The van der Waals surface area contributed by atoms with Crippen LogP contribution in [-0.4, -0.2) is 44.0 Å². The molecule has 2 N–H and O–H groups in total. The van der Waals surface area contributed by atoms with Crippen molar-refractivity contribution in [1.29, 1.82) is 0 Å². The van der Waals surface area contributed by atoms with Gasteiger partial charge in [-0.2, -0.15) is 5.10 Å². The fourth-order valence-electron chi connectivity index (χ4n) is 3.16. The SMILES string of the molecule is O=C(c1ccc(Oc2ccccc2)o1)N1CCCn2nc(C(O)CO)cc2C1. The number of carbonyl (C=O) groups is 1. The molecule has 28 heavy (non-hydrogen) atoms. The quantitative estimate of drug-likeness (QED) is 0.701. The van der Waals surface area contributed by atoms with Crippen LogP contribution in [0.15, 0.2) is 52.9 Å². The summed E-state index contributed by atoms with van der Waals surface area (Å²) in [4.78, 5) is 14.6. The summed E-state index contributed by atoms with van der Waals surface area (Å²) in [7, 11) is 0. The Kier molecular flexibility index (Phi) is 5.14. The number of benzene rings is 1. The minimum Gasteiger partial charge on any atom is -0.426 e. The highest BCUT2D eigenvalue weighted by Gasteiger charge is 2.25. The number of hydrogen-bond donors (Lipinski definition) is 2. The molecule has 1 unspecified atom stereocenters. The van der Waals surface area contributed by atoms with Gasteiger partial charge in [0, 0.05) is 19.2 Å². The first kappa shape index (κ1) is 18.3. The molecule has 1 aliphatic rings. The Bertz CT molecular complexity index is 950. The smallest absolute Gasteiger partial charge is 0.290 e. The maximum Gasteiger partial charge on any atom is 0.290 e. The number of aryl methyl sites for hydroxylation is 1. The third kappa shape index (κ3) is 3.78. The summed E-state index contributed by atoms with van der Waals surface area (Å²) in [6.45, 7) is 1.16. The van der Waals surface area contributed by atoms with Gasteiger partial charge >= 0.3 is 0 Å². The summed E-state index contributed by atoms with van der Waals surface area (Å²) < 4.78 is 13.0. The van der Waals surface area contributed by atoms with Crippen LogP contribution in [0.5, 0.6) is 11.7 Å². The second kappa shape index (κ2) is 7.87. The molecule has 0 radical (unpaired) electrons. The van der Waals surface area contributed by atoms with Crippen LogP contribution >= 0.6 is 0 Å². The van der Waals surface area contributed by atoms with Crippen molar-refractivity contribution in [3.63, 3.8) is 0 Å². The lowest BCUT2D eigenvalue weighted by Crippen LogP contribution is -2.30. The second-order valence-electron chi connectivity index (χ2n) is 6.60. The van der Waals surface area contributed by atoms with E-state index in [0.29, 0.717) is 31.1 Å². The fraction of sp³-hybridized carbons (Fsp3) is 0.300. The van der Waals surface area contributed by atoms with E-state index in [-0.39, 0.29) is 17.6 Å². The number of furan rings is 1. The standard InChI is InChI=1S/C20H21N3O5/c24-13-17(25)16-11-14-12-22(9-4-10-23(14)21-16)20(26)18-7-8-19(28-18)27-15-5-2-1-3-6-15/h1-3,5-8,11,17,24-25H,4,9-10,12-13H2. The molecule has 8 nitrogen and oxygen atoms in total. The van der Waals surface area contributed by atoms with E-state index in [1.54, 1.807) is 39.9 Å². The molecule has 3 heterocycles. The lowest BCUT2D eigenvalue weighted by molar-refractivity contribution is 0.0708. The van der Waals surface area contributed by atoms with Gasteiger partial charge in [-0.05, 0) is 30.7 Å². The van der Waals surface area contributed by atoms with Crippen molar-refractivity contribution in [2.75, 3.05) is 13.2 Å². The van der Waals surface area contributed by atoms with Crippen molar-refractivity contribution in [2.45, 2.75) is 25.6 Å². The van der Waals surface area contributed by atoms with Crippen molar-refractivity contribution >= 4 is 5.91 Å². The molecular weight excluding hydrogens is 362 g/mol.